The highest BCUT2D eigenvalue weighted by Gasteiger charge is 2.35. The molecule has 0 aromatic heterocycles. The summed E-state index contributed by atoms with van der Waals surface area (Å²) in [7, 11) is 0. The molecular weight excluding hydrogens is 298 g/mol. The number of aliphatic carboxylic acids is 1. The SMILES string of the molecule is CC(C)Oc1cccc(C(C)NC(=O)[C@@H]2CC[C@H](C(=O)O)O2)c1. The van der Waals surface area contributed by atoms with E-state index in [9.17, 15) is 9.59 Å². The summed E-state index contributed by atoms with van der Waals surface area (Å²) in [4.78, 5) is 23.1. The Morgan fingerprint density at radius 1 is 1.26 bits per heavy atom. The third-order valence-electron chi connectivity index (χ3n) is 3.68. The predicted octanol–water partition coefficient (Wildman–Crippen LogP) is 2.28. The Kier molecular flexibility index (Phi) is 5.60. The highest BCUT2D eigenvalue weighted by Crippen LogP contribution is 2.23. The van der Waals surface area contributed by atoms with Crippen molar-refractivity contribution in [3.05, 3.63) is 29.8 Å². The maximum Gasteiger partial charge on any atom is 0.332 e. The van der Waals surface area contributed by atoms with Crippen LogP contribution in [-0.2, 0) is 14.3 Å². The summed E-state index contributed by atoms with van der Waals surface area (Å²) in [5.41, 5.74) is 0.921. The minimum Gasteiger partial charge on any atom is -0.491 e. The van der Waals surface area contributed by atoms with Gasteiger partial charge in [-0.25, -0.2) is 4.79 Å². The van der Waals surface area contributed by atoms with Gasteiger partial charge < -0.3 is 19.9 Å². The summed E-state index contributed by atoms with van der Waals surface area (Å²) in [5.74, 6) is -0.551. The second-order valence-corrected chi connectivity index (χ2v) is 6.00. The van der Waals surface area contributed by atoms with Gasteiger partial charge in [-0.05, 0) is 51.3 Å². The zero-order chi connectivity index (χ0) is 17.0. The fourth-order valence-electron chi connectivity index (χ4n) is 2.53. The van der Waals surface area contributed by atoms with Gasteiger partial charge in [0.25, 0.3) is 0 Å². The number of nitrogens with one attached hydrogen (secondary N) is 1. The van der Waals surface area contributed by atoms with Crippen LogP contribution >= 0.6 is 0 Å². The molecule has 23 heavy (non-hydrogen) atoms. The van der Waals surface area contributed by atoms with Crippen molar-refractivity contribution in [3.63, 3.8) is 0 Å². The fourth-order valence-corrected chi connectivity index (χ4v) is 2.53. The van der Waals surface area contributed by atoms with Crippen molar-refractivity contribution in [2.24, 2.45) is 0 Å². The molecule has 2 N–H and O–H groups in total. The van der Waals surface area contributed by atoms with E-state index in [1.54, 1.807) is 0 Å². The largest absolute Gasteiger partial charge is 0.491 e. The van der Waals surface area contributed by atoms with Gasteiger partial charge in [0.15, 0.2) is 6.10 Å². The summed E-state index contributed by atoms with van der Waals surface area (Å²) < 4.78 is 10.9. The number of amides is 1. The molecule has 1 aliphatic rings. The highest BCUT2D eigenvalue weighted by atomic mass is 16.5. The number of benzene rings is 1. The molecule has 0 saturated carbocycles. The summed E-state index contributed by atoms with van der Waals surface area (Å²) in [6.45, 7) is 5.78. The number of hydrogen-bond acceptors (Lipinski definition) is 4. The van der Waals surface area contributed by atoms with Crippen LogP contribution < -0.4 is 10.1 Å². The lowest BCUT2D eigenvalue weighted by Crippen LogP contribution is -2.37. The van der Waals surface area contributed by atoms with Gasteiger partial charge >= 0.3 is 5.97 Å². The molecule has 0 radical (unpaired) electrons. The standard InChI is InChI=1S/C17H23NO5/c1-10(2)22-13-6-4-5-12(9-13)11(3)18-16(19)14-7-8-15(23-14)17(20)21/h4-6,9-11,14-15H,7-8H2,1-3H3,(H,18,19)(H,20,21)/t11?,14-,15+/m0/s1. The van der Waals surface area contributed by atoms with Crippen molar-refractivity contribution in [1.29, 1.82) is 0 Å². The number of carbonyl (C=O) groups excluding carboxylic acids is 1. The van der Waals surface area contributed by atoms with Gasteiger partial charge in [-0.1, -0.05) is 12.1 Å². The molecule has 1 aromatic carbocycles. The van der Waals surface area contributed by atoms with Gasteiger partial charge in [-0.2, -0.15) is 0 Å². The van der Waals surface area contributed by atoms with Gasteiger partial charge in [0, 0.05) is 0 Å². The van der Waals surface area contributed by atoms with Crippen molar-refractivity contribution in [3.8, 4) is 5.75 Å². The Hall–Kier alpha value is -2.08. The van der Waals surface area contributed by atoms with Crippen LogP contribution in [0.2, 0.25) is 0 Å². The molecule has 2 rings (SSSR count). The Morgan fingerprint density at radius 2 is 1.96 bits per heavy atom. The maximum absolute atomic E-state index is 12.2. The van der Waals surface area contributed by atoms with Crippen LogP contribution in [0.4, 0.5) is 0 Å². The molecular formula is C17H23NO5. The number of ether oxygens (including phenoxy) is 2. The molecule has 1 fully saturated rings. The first-order valence-electron chi connectivity index (χ1n) is 7.82. The smallest absolute Gasteiger partial charge is 0.332 e. The normalized spacial score (nSPS) is 21.9. The Labute approximate surface area is 135 Å². The van der Waals surface area contributed by atoms with Gasteiger partial charge in [-0.3, -0.25) is 4.79 Å². The zero-order valence-electron chi connectivity index (χ0n) is 13.6. The van der Waals surface area contributed by atoms with Crippen LogP contribution in [0.15, 0.2) is 24.3 Å². The van der Waals surface area contributed by atoms with Gasteiger partial charge in [0.2, 0.25) is 5.91 Å². The Balaban J connectivity index is 1.95. The van der Waals surface area contributed by atoms with Crippen LogP contribution in [0.1, 0.15) is 45.2 Å². The van der Waals surface area contributed by atoms with Gasteiger partial charge in [0.05, 0.1) is 12.1 Å². The number of carbonyl (C=O) groups is 2. The number of rotatable bonds is 6. The molecule has 0 bridgehead atoms. The van der Waals surface area contributed by atoms with Crippen LogP contribution in [-0.4, -0.2) is 35.3 Å². The quantitative estimate of drug-likeness (QED) is 0.839. The highest BCUT2D eigenvalue weighted by molar-refractivity contribution is 5.83. The fraction of sp³-hybridized carbons (Fsp3) is 0.529. The summed E-state index contributed by atoms with van der Waals surface area (Å²) in [5, 5.41) is 11.8. The Bertz CT molecular complexity index is 572. The van der Waals surface area contributed by atoms with E-state index in [1.165, 1.54) is 0 Å². The molecule has 0 spiro atoms. The lowest BCUT2D eigenvalue weighted by molar-refractivity contribution is -0.151. The first-order valence-corrected chi connectivity index (χ1v) is 7.82. The van der Waals surface area contributed by atoms with Crippen molar-refractivity contribution in [2.45, 2.75) is 58.0 Å². The van der Waals surface area contributed by atoms with E-state index < -0.39 is 18.2 Å². The van der Waals surface area contributed by atoms with E-state index >= 15 is 0 Å². The van der Waals surface area contributed by atoms with Crippen molar-refractivity contribution in [1.82, 2.24) is 5.32 Å². The van der Waals surface area contributed by atoms with Crippen LogP contribution in [0.25, 0.3) is 0 Å². The second-order valence-electron chi connectivity index (χ2n) is 6.00. The molecule has 1 heterocycles. The number of carboxylic acids is 1. The van der Waals surface area contributed by atoms with Gasteiger partial charge in [0.1, 0.15) is 11.9 Å². The molecule has 6 nitrogen and oxygen atoms in total. The van der Waals surface area contributed by atoms with E-state index in [0.717, 1.165) is 11.3 Å². The maximum atomic E-state index is 12.2. The topological polar surface area (TPSA) is 84.9 Å². The van der Waals surface area contributed by atoms with Gasteiger partial charge in [-0.15, -0.1) is 0 Å². The molecule has 1 saturated heterocycles. The van der Waals surface area contributed by atoms with Crippen molar-refractivity contribution >= 4 is 11.9 Å². The van der Waals surface area contributed by atoms with Crippen LogP contribution in [0.3, 0.4) is 0 Å². The first-order chi connectivity index (χ1) is 10.9. The zero-order valence-corrected chi connectivity index (χ0v) is 13.6. The predicted molar refractivity (Wildman–Crippen MR) is 84.3 cm³/mol. The van der Waals surface area contributed by atoms with Crippen LogP contribution in [0.5, 0.6) is 5.75 Å². The lowest BCUT2D eigenvalue weighted by atomic mass is 10.1. The third kappa shape index (κ3) is 4.69. The summed E-state index contributed by atoms with van der Waals surface area (Å²) in [6.07, 6.45) is -0.724. The molecule has 1 aromatic rings. The van der Waals surface area contributed by atoms with E-state index in [4.69, 9.17) is 14.6 Å². The van der Waals surface area contributed by atoms with E-state index in [2.05, 4.69) is 5.32 Å². The minimum absolute atomic E-state index is 0.0787. The molecule has 0 aliphatic carbocycles. The van der Waals surface area contributed by atoms with Crippen molar-refractivity contribution in [2.75, 3.05) is 0 Å². The lowest BCUT2D eigenvalue weighted by Gasteiger charge is -2.19. The average Bonchev–Trinajstić information content (AvgIpc) is 2.97. The van der Waals surface area contributed by atoms with E-state index in [1.807, 2.05) is 45.0 Å². The average molecular weight is 321 g/mol. The molecule has 1 amide bonds. The van der Waals surface area contributed by atoms with Crippen molar-refractivity contribution < 1.29 is 24.2 Å². The molecule has 126 valence electrons. The molecule has 1 aliphatic heterocycles. The molecule has 1 unspecified atom stereocenters. The second kappa shape index (κ2) is 7.46. The molecule has 6 heteroatoms. The Morgan fingerprint density at radius 3 is 2.57 bits per heavy atom. The van der Waals surface area contributed by atoms with E-state index in [-0.39, 0.29) is 18.1 Å². The number of carboxylic acid groups (broad SMARTS) is 1. The molecule has 3 atom stereocenters. The monoisotopic (exact) mass is 321 g/mol. The summed E-state index contributed by atoms with van der Waals surface area (Å²) in [6, 6.07) is 7.33. The first kappa shape index (κ1) is 17.3. The van der Waals surface area contributed by atoms with Crippen LogP contribution in [0, 0.1) is 0 Å². The van der Waals surface area contributed by atoms with E-state index in [0.29, 0.717) is 12.8 Å². The number of hydrogen-bond donors (Lipinski definition) is 2. The third-order valence-corrected chi connectivity index (χ3v) is 3.68. The minimum atomic E-state index is -1.02. The summed E-state index contributed by atoms with van der Waals surface area (Å²) >= 11 is 0.